The summed E-state index contributed by atoms with van der Waals surface area (Å²) in [4.78, 5) is 39.7. The molecule has 6 heteroatoms. The fourth-order valence-electron chi connectivity index (χ4n) is 3.44. The summed E-state index contributed by atoms with van der Waals surface area (Å²) in [6.07, 6.45) is 1.20. The number of hydrogen-bond donors (Lipinski definition) is 1. The monoisotopic (exact) mass is 393 g/mol. The average Bonchev–Trinajstić information content (AvgIpc) is 2.75. The maximum atomic E-state index is 12.1. The Morgan fingerprint density at radius 2 is 1.52 bits per heavy atom. The van der Waals surface area contributed by atoms with Gasteiger partial charge in [0.1, 0.15) is 0 Å². The van der Waals surface area contributed by atoms with Crippen LogP contribution in [0.3, 0.4) is 0 Å². The third-order valence-electron chi connectivity index (χ3n) is 5.14. The van der Waals surface area contributed by atoms with E-state index in [9.17, 15) is 14.4 Å². The second-order valence-corrected chi connectivity index (χ2v) is 7.23. The molecule has 0 spiro atoms. The number of nitrogens with zero attached hydrogens (tertiary/aromatic N) is 2. The summed E-state index contributed by atoms with van der Waals surface area (Å²) in [6, 6.07) is 16.9. The van der Waals surface area contributed by atoms with Crippen LogP contribution in [0, 0.1) is 0 Å². The van der Waals surface area contributed by atoms with Gasteiger partial charge in [-0.3, -0.25) is 14.4 Å². The van der Waals surface area contributed by atoms with Gasteiger partial charge in [-0.1, -0.05) is 30.3 Å². The maximum absolute atomic E-state index is 12.1. The topological polar surface area (TPSA) is 69.7 Å². The van der Waals surface area contributed by atoms with Gasteiger partial charge in [-0.15, -0.1) is 0 Å². The molecule has 0 aliphatic carbocycles. The Kier molecular flexibility index (Phi) is 7.00. The highest BCUT2D eigenvalue weighted by Gasteiger charge is 2.18. The SMILES string of the molecule is CC(=O)N1CCN(c2ccc(NC(=O)CCCC(=O)c3ccccc3)cc2)CC1. The number of amides is 2. The predicted octanol–water partition coefficient (Wildman–Crippen LogP) is 3.35. The van der Waals surface area contributed by atoms with Gasteiger partial charge < -0.3 is 15.1 Å². The van der Waals surface area contributed by atoms with Gasteiger partial charge in [-0.05, 0) is 30.7 Å². The number of carbonyl (C=O) groups is 3. The van der Waals surface area contributed by atoms with Crippen molar-refractivity contribution in [3.63, 3.8) is 0 Å². The van der Waals surface area contributed by atoms with Crippen LogP contribution in [0.5, 0.6) is 0 Å². The molecule has 0 saturated carbocycles. The van der Waals surface area contributed by atoms with Crippen LogP contribution in [0.1, 0.15) is 36.5 Å². The molecule has 1 aliphatic rings. The molecule has 0 radical (unpaired) electrons. The van der Waals surface area contributed by atoms with Crippen molar-refractivity contribution in [2.75, 3.05) is 36.4 Å². The van der Waals surface area contributed by atoms with E-state index in [-0.39, 0.29) is 17.6 Å². The lowest BCUT2D eigenvalue weighted by Crippen LogP contribution is -2.48. The van der Waals surface area contributed by atoms with Gasteiger partial charge in [0.15, 0.2) is 5.78 Å². The lowest BCUT2D eigenvalue weighted by Gasteiger charge is -2.35. The van der Waals surface area contributed by atoms with Crippen LogP contribution in [0.4, 0.5) is 11.4 Å². The first-order chi connectivity index (χ1) is 14.0. The molecule has 3 rings (SSSR count). The lowest BCUT2D eigenvalue weighted by atomic mass is 10.1. The number of carbonyl (C=O) groups excluding carboxylic acids is 3. The number of Topliss-reactive ketones (excluding diaryl/α,β-unsaturated/α-hetero) is 1. The zero-order chi connectivity index (χ0) is 20.6. The molecule has 1 fully saturated rings. The Morgan fingerprint density at radius 3 is 2.14 bits per heavy atom. The number of anilines is 2. The molecule has 0 bridgehead atoms. The summed E-state index contributed by atoms with van der Waals surface area (Å²) < 4.78 is 0. The van der Waals surface area contributed by atoms with Crippen molar-refractivity contribution in [3.05, 3.63) is 60.2 Å². The molecule has 1 heterocycles. The fourth-order valence-corrected chi connectivity index (χ4v) is 3.44. The summed E-state index contributed by atoms with van der Waals surface area (Å²) in [5.41, 5.74) is 2.52. The standard InChI is InChI=1S/C23H27N3O3/c1-18(27)25-14-16-26(17-15-25)21-12-10-20(11-13-21)24-23(29)9-5-8-22(28)19-6-3-2-4-7-19/h2-4,6-7,10-13H,5,8-9,14-17H2,1H3,(H,24,29). The third-order valence-corrected chi connectivity index (χ3v) is 5.14. The van der Waals surface area contributed by atoms with Gasteiger partial charge in [0.25, 0.3) is 0 Å². The van der Waals surface area contributed by atoms with Crippen LogP contribution >= 0.6 is 0 Å². The normalized spacial score (nSPS) is 13.8. The minimum atomic E-state index is -0.0892. The molecule has 0 unspecified atom stereocenters. The minimum absolute atomic E-state index is 0.0626. The van der Waals surface area contributed by atoms with Crippen molar-refractivity contribution < 1.29 is 14.4 Å². The van der Waals surface area contributed by atoms with Crippen molar-refractivity contribution in [3.8, 4) is 0 Å². The fraction of sp³-hybridized carbons (Fsp3) is 0.348. The first kappa shape index (κ1) is 20.6. The second kappa shape index (κ2) is 9.87. The van der Waals surface area contributed by atoms with Crippen molar-refractivity contribution in [2.24, 2.45) is 0 Å². The molecular weight excluding hydrogens is 366 g/mol. The van der Waals surface area contributed by atoms with Crippen molar-refractivity contribution >= 4 is 29.0 Å². The third kappa shape index (κ3) is 5.91. The minimum Gasteiger partial charge on any atom is -0.368 e. The first-order valence-corrected chi connectivity index (χ1v) is 10.0. The van der Waals surface area contributed by atoms with Gasteiger partial charge in [0.2, 0.25) is 11.8 Å². The summed E-state index contributed by atoms with van der Waals surface area (Å²) in [7, 11) is 0. The molecule has 0 atom stereocenters. The smallest absolute Gasteiger partial charge is 0.224 e. The van der Waals surface area contributed by atoms with E-state index < -0.39 is 0 Å². The van der Waals surface area contributed by atoms with E-state index in [1.165, 1.54) is 0 Å². The van der Waals surface area contributed by atoms with Gasteiger partial charge in [0, 0.05) is 62.9 Å². The van der Waals surface area contributed by atoms with E-state index in [1.54, 1.807) is 19.1 Å². The summed E-state index contributed by atoms with van der Waals surface area (Å²) >= 11 is 0. The molecule has 2 amide bonds. The number of ketones is 1. The van der Waals surface area contributed by atoms with Crippen molar-refractivity contribution in [2.45, 2.75) is 26.2 Å². The predicted molar refractivity (Wildman–Crippen MR) is 114 cm³/mol. The number of piperazine rings is 1. The van der Waals surface area contributed by atoms with E-state index in [1.807, 2.05) is 47.4 Å². The van der Waals surface area contributed by atoms with Crippen molar-refractivity contribution in [1.82, 2.24) is 4.90 Å². The molecule has 2 aromatic rings. The summed E-state index contributed by atoms with van der Waals surface area (Å²) in [5.74, 6) is 0.0921. The Bertz CT molecular complexity index is 841. The van der Waals surface area contributed by atoms with Crippen molar-refractivity contribution in [1.29, 1.82) is 0 Å². The molecule has 2 aromatic carbocycles. The zero-order valence-corrected chi connectivity index (χ0v) is 16.8. The maximum Gasteiger partial charge on any atom is 0.224 e. The van der Waals surface area contributed by atoms with E-state index in [4.69, 9.17) is 0 Å². The highest BCUT2D eigenvalue weighted by Crippen LogP contribution is 2.20. The van der Waals surface area contributed by atoms with Crippen LogP contribution in [0.25, 0.3) is 0 Å². The van der Waals surface area contributed by atoms with E-state index >= 15 is 0 Å². The quantitative estimate of drug-likeness (QED) is 0.733. The van der Waals surface area contributed by atoms with Gasteiger partial charge in [0.05, 0.1) is 0 Å². The number of nitrogens with one attached hydrogen (secondary N) is 1. The largest absolute Gasteiger partial charge is 0.368 e. The Balaban J connectivity index is 1.42. The Hall–Kier alpha value is -3.15. The molecular formula is C23H27N3O3. The lowest BCUT2D eigenvalue weighted by molar-refractivity contribution is -0.129. The molecule has 0 aromatic heterocycles. The Labute approximate surface area is 171 Å². The number of rotatable bonds is 7. The molecule has 29 heavy (non-hydrogen) atoms. The van der Waals surface area contributed by atoms with E-state index in [2.05, 4.69) is 10.2 Å². The van der Waals surface area contributed by atoms with Gasteiger partial charge in [-0.25, -0.2) is 0 Å². The summed E-state index contributed by atoms with van der Waals surface area (Å²) in [6.45, 7) is 4.68. The first-order valence-electron chi connectivity index (χ1n) is 10.0. The van der Waals surface area contributed by atoms with Crippen LogP contribution in [0.2, 0.25) is 0 Å². The molecule has 1 saturated heterocycles. The van der Waals surface area contributed by atoms with Crippen LogP contribution < -0.4 is 10.2 Å². The number of hydrogen-bond acceptors (Lipinski definition) is 4. The molecule has 152 valence electrons. The zero-order valence-electron chi connectivity index (χ0n) is 16.8. The summed E-state index contributed by atoms with van der Waals surface area (Å²) in [5, 5.41) is 2.89. The average molecular weight is 393 g/mol. The number of benzene rings is 2. The van der Waals surface area contributed by atoms with Gasteiger partial charge >= 0.3 is 0 Å². The molecule has 1 N–H and O–H groups in total. The van der Waals surface area contributed by atoms with Gasteiger partial charge in [-0.2, -0.15) is 0 Å². The van der Waals surface area contributed by atoms with Crippen LogP contribution in [-0.2, 0) is 9.59 Å². The second-order valence-electron chi connectivity index (χ2n) is 7.23. The van der Waals surface area contributed by atoms with Crippen LogP contribution in [0.15, 0.2) is 54.6 Å². The Morgan fingerprint density at radius 1 is 0.862 bits per heavy atom. The molecule has 1 aliphatic heterocycles. The molecule has 6 nitrogen and oxygen atoms in total. The van der Waals surface area contributed by atoms with Crippen LogP contribution in [-0.4, -0.2) is 48.7 Å². The highest BCUT2D eigenvalue weighted by atomic mass is 16.2. The van der Waals surface area contributed by atoms with E-state index in [0.29, 0.717) is 24.8 Å². The highest BCUT2D eigenvalue weighted by molar-refractivity contribution is 5.96. The van der Waals surface area contributed by atoms with E-state index in [0.717, 1.165) is 37.6 Å².